The van der Waals surface area contributed by atoms with Crippen LogP contribution in [0.1, 0.15) is 32.8 Å². The summed E-state index contributed by atoms with van der Waals surface area (Å²) in [4.78, 5) is 26.7. The number of hydrogen-bond donors (Lipinski definition) is 3. The van der Waals surface area contributed by atoms with Gasteiger partial charge < -0.3 is 21.1 Å². The van der Waals surface area contributed by atoms with Crippen LogP contribution in [0.3, 0.4) is 0 Å². The molecular formula is C19H29N3O3. The van der Waals surface area contributed by atoms with E-state index in [1.54, 1.807) is 4.90 Å². The monoisotopic (exact) mass is 347 g/mol. The van der Waals surface area contributed by atoms with E-state index in [0.717, 1.165) is 5.56 Å². The number of nitrogens with one attached hydrogen (secondary N) is 1. The standard InChI is InChI=1S/C19H29N3O3/c1-12(2)22-11-13(3)9-16(19(22)25)21-18(24)17(23)15(20)10-14-7-5-4-6-8-14/h4-8,12-13,15-17,23H,9-11,20H2,1-3H3,(H,21,24)/t13?,15-,16+,17+/m1/s1. The molecule has 138 valence electrons. The Morgan fingerprint density at radius 2 is 2.00 bits per heavy atom. The van der Waals surface area contributed by atoms with Gasteiger partial charge in [0.15, 0.2) is 0 Å². The fraction of sp³-hybridized carbons (Fsp3) is 0.579. The number of rotatable bonds is 6. The zero-order chi connectivity index (χ0) is 18.6. The van der Waals surface area contributed by atoms with E-state index >= 15 is 0 Å². The number of likely N-dealkylation sites (tertiary alicyclic amines) is 1. The Hall–Kier alpha value is -1.92. The smallest absolute Gasteiger partial charge is 0.251 e. The first-order valence-corrected chi connectivity index (χ1v) is 8.88. The maximum atomic E-state index is 12.5. The van der Waals surface area contributed by atoms with Crippen LogP contribution >= 0.6 is 0 Å². The highest BCUT2D eigenvalue weighted by molar-refractivity contribution is 5.90. The summed E-state index contributed by atoms with van der Waals surface area (Å²) < 4.78 is 0. The lowest BCUT2D eigenvalue weighted by atomic mass is 9.93. The van der Waals surface area contributed by atoms with E-state index < -0.39 is 24.1 Å². The van der Waals surface area contributed by atoms with Crippen LogP contribution < -0.4 is 11.1 Å². The second-order valence-corrected chi connectivity index (χ2v) is 7.28. The third-order valence-corrected chi connectivity index (χ3v) is 4.66. The molecule has 1 heterocycles. The number of nitrogens with zero attached hydrogens (tertiary/aromatic N) is 1. The van der Waals surface area contributed by atoms with Gasteiger partial charge in [0.25, 0.3) is 5.91 Å². The number of carbonyl (C=O) groups excluding carboxylic acids is 2. The summed E-state index contributed by atoms with van der Waals surface area (Å²) in [6, 6.07) is 8.23. The van der Waals surface area contributed by atoms with Gasteiger partial charge in [-0.1, -0.05) is 37.3 Å². The summed E-state index contributed by atoms with van der Waals surface area (Å²) in [6.07, 6.45) is -0.380. The van der Waals surface area contributed by atoms with Crippen molar-refractivity contribution in [2.45, 2.75) is 57.8 Å². The first-order valence-electron chi connectivity index (χ1n) is 8.88. The number of benzene rings is 1. The van der Waals surface area contributed by atoms with Gasteiger partial charge in [-0.2, -0.15) is 0 Å². The van der Waals surface area contributed by atoms with Crippen LogP contribution in [0.5, 0.6) is 0 Å². The second kappa shape index (κ2) is 8.45. The lowest BCUT2D eigenvalue weighted by molar-refractivity contribution is -0.144. The maximum Gasteiger partial charge on any atom is 0.251 e. The van der Waals surface area contributed by atoms with Gasteiger partial charge in [0.05, 0.1) is 0 Å². The fourth-order valence-electron chi connectivity index (χ4n) is 3.24. The van der Waals surface area contributed by atoms with Gasteiger partial charge in [-0.15, -0.1) is 0 Å². The molecule has 6 heteroatoms. The molecule has 1 aromatic carbocycles. The molecule has 4 N–H and O–H groups in total. The third kappa shape index (κ3) is 5.03. The quantitative estimate of drug-likeness (QED) is 0.705. The van der Waals surface area contributed by atoms with E-state index in [2.05, 4.69) is 12.2 Å². The maximum absolute atomic E-state index is 12.5. The minimum atomic E-state index is -1.35. The van der Waals surface area contributed by atoms with Gasteiger partial charge in [-0.3, -0.25) is 9.59 Å². The van der Waals surface area contributed by atoms with Gasteiger partial charge in [-0.25, -0.2) is 0 Å². The Kier molecular flexibility index (Phi) is 6.56. The number of amides is 2. The number of piperidine rings is 1. The minimum Gasteiger partial charge on any atom is -0.382 e. The van der Waals surface area contributed by atoms with Crippen LogP contribution in [-0.2, 0) is 16.0 Å². The predicted molar refractivity (Wildman–Crippen MR) is 96.7 cm³/mol. The van der Waals surface area contributed by atoms with Gasteiger partial charge in [0.2, 0.25) is 5.91 Å². The van der Waals surface area contributed by atoms with Crippen molar-refractivity contribution in [3.63, 3.8) is 0 Å². The van der Waals surface area contributed by atoms with Gasteiger partial charge in [-0.05, 0) is 38.2 Å². The number of aliphatic hydroxyl groups is 1. The lowest BCUT2D eigenvalue weighted by Crippen LogP contribution is -2.59. The van der Waals surface area contributed by atoms with E-state index in [1.165, 1.54) is 0 Å². The van der Waals surface area contributed by atoms with Crippen molar-refractivity contribution in [1.29, 1.82) is 0 Å². The fourth-order valence-corrected chi connectivity index (χ4v) is 3.24. The van der Waals surface area contributed by atoms with Crippen LogP contribution in [0.2, 0.25) is 0 Å². The Morgan fingerprint density at radius 3 is 2.60 bits per heavy atom. The van der Waals surface area contributed by atoms with Crippen molar-refractivity contribution in [1.82, 2.24) is 10.2 Å². The topological polar surface area (TPSA) is 95.7 Å². The van der Waals surface area contributed by atoms with Crippen LogP contribution in [0.25, 0.3) is 0 Å². The highest BCUT2D eigenvalue weighted by Gasteiger charge is 2.36. The zero-order valence-electron chi connectivity index (χ0n) is 15.2. The largest absolute Gasteiger partial charge is 0.382 e. The van der Waals surface area contributed by atoms with Crippen molar-refractivity contribution < 1.29 is 14.7 Å². The van der Waals surface area contributed by atoms with E-state index in [0.29, 0.717) is 25.3 Å². The van der Waals surface area contributed by atoms with E-state index in [9.17, 15) is 14.7 Å². The zero-order valence-corrected chi connectivity index (χ0v) is 15.2. The number of hydrogen-bond acceptors (Lipinski definition) is 4. The molecule has 6 nitrogen and oxygen atoms in total. The van der Waals surface area contributed by atoms with Crippen molar-refractivity contribution in [3.05, 3.63) is 35.9 Å². The van der Waals surface area contributed by atoms with Crippen LogP contribution in [0.15, 0.2) is 30.3 Å². The molecule has 0 aliphatic carbocycles. The van der Waals surface area contributed by atoms with Crippen molar-refractivity contribution in [3.8, 4) is 0 Å². The van der Waals surface area contributed by atoms with Gasteiger partial charge >= 0.3 is 0 Å². The van der Waals surface area contributed by atoms with E-state index in [1.807, 2.05) is 44.2 Å². The normalized spacial score (nSPS) is 23.4. The van der Waals surface area contributed by atoms with Gasteiger partial charge in [0, 0.05) is 18.6 Å². The molecule has 0 aromatic heterocycles. The van der Waals surface area contributed by atoms with Crippen molar-refractivity contribution in [2.75, 3.05) is 6.54 Å². The molecule has 4 atom stereocenters. The molecule has 1 aliphatic heterocycles. The average molecular weight is 347 g/mol. The van der Waals surface area contributed by atoms with Gasteiger partial charge in [0.1, 0.15) is 12.1 Å². The molecule has 2 rings (SSSR count). The SMILES string of the molecule is CC1C[C@H](NC(=O)[C@@H](O)[C@H](N)Cc2ccccc2)C(=O)N(C(C)C)C1. The highest BCUT2D eigenvalue weighted by Crippen LogP contribution is 2.20. The number of aliphatic hydroxyl groups excluding tert-OH is 1. The van der Waals surface area contributed by atoms with Crippen LogP contribution in [0.4, 0.5) is 0 Å². The number of nitrogens with two attached hydrogens (primary N) is 1. The average Bonchev–Trinajstić information content (AvgIpc) is 2.57. The molecule has 0 radical (unpaired) electrons. The molecule has 1 aromatic rings. The molecule has 1 unspecified atom stereocenters. The minimum absolute atomic E-state index is 0.0833. The summed E-state index contributed by atoms with van der Waals surface area (Å²) in [6.45, 7) is 6.66. The highest BCUT2D eigenvalue weighted by atomic mass is 16.3. The molecule has 1 aliphatic rings. The summed E-state index contributed by atoms with van der Waals surface area (Å²) in [5.74, 6) is -0.384. The Labute approximate surface area is 149 Å². The number of carbonyl (C=O) groups is 2. The van der Waals surface area contributed by atoms with Crippen LogP contribution in [0, 0.1) is 5.92 Å². The summed E-state index contributed by atoms with van der Waals surface area (Å²) in [7, 11) is 0. The molecule has 0 spiro atoms. The Balaban J connectivity index is 1.96. The molecule has 1 saturated heterocycles. The third-order valence-electron chi connectivity index (χ3n) is 4.66. The van der Waals surface area contributed by atoms with E-state index in [-0.39, 0.29) is 11.9 Å². The second-order valence-electron chi connectivity index (χ2n) is 7.28. The lowest BCUT2D eigenvalue weighted by Gasteiger charge is -2.39. The molecule has 2 amide bonds. The Morgan fingerprint density at radius 1 is 1.36 bits per heavy atom. The summed E-state index contributed by atoms with van der Waals surface area (Å²) in [5, 5.41) is 12.9. The van der Waals surface area contributed by atoms with E-state index in [4.69, 9.17) is 5.73 Å². The first-order chi connectivity index (χ1) is 11.8. The molecular weight excluding hydrogens is 318 g/mol. The van der Waals surface area contributed by atoms with Crippen molar-refractivity contribution >= 4 is 11.8 Å². The van der Waals surface area contributed by atoms with Crippen LogP contribution in [-0.4, -0.2) is 52.6 Å². The first kappa shape index (κ1) is 19.4. The summed E-state index contributed by atoms with van der Waals surface area (Å²) >= 11 is 0. The molecule has 1 fully saturated rings. The van der Waals surface area contributed by atoms with Crippen molar-refractivity contribution in [2.24, 2.45) is 11.7 Å². The summed E-state index contributed by atoms with van der Waals surface area (Å²) in [5.41, 5.74) is 6.94. The molecule has 0 saturated carbocycles. The molecule has 0 bridgehead atoms. The predicted octanol–water partition coefficient (Wildman–Crippen LogP) is 0.679. The molecule has 25 heavy (non-hydrogen) atoms. The Bertz CT molecular complexity index is 591.